The zero-order valence-electron chi connectivity index (χ0n) is 18.2. The highest BCUT2D eigenvalue weighted by Crippen LogP contribution is 2.26. The predicted octanol–water partition coefficient (Wildman–Crippen LogP) is 3.79. The number of aryl methyl sites for hydroxylation is 1. The molecule has 1 amide bonds. The van der Waals surface area contributed by atoms with E-state index in [1.54, 1.807) is 0 Å². The van der Waals surface area contributed by atoms with Gasteiger partial charge in [-0.15, -0.1) is 0 Å². The van der Waals surface area contributed by atoms with Crippen LogP contribution in [0.5, 0.6) is 5.75 Å². The number of primary amides is 1. The lowest BCUT2D eigenvalue weighted by atomic mass is 9.97. The van der Waals surface area contributed by atoms with E-state index in [-0.39, 0.29) is 18.9 Å². The molecule has 3 aromatic rings. The molecule has 0 saturated carbocycles. The van der Waals surface area contributed by atoms with Crippen molar-refractivity contribution in [3.8, 4) is 5.75 Å². The number of hydrogen-bond acceptors (Lipinski definition) is 4. The van der Waals surface area contributed by atoms with E-state index in [0.29, 0.717) is 18.7 Å². The van der Waals surface area contributed by atoms with Gasteiger partial charge in [0, 0.05) is 26.1 Å². The lowest BCUT2D eigenvalue weighted by Crippen LogP contribution is -2.38. The molecule has 1 heterocycles. The van der Waals surface area contributed by atoms with Crippen molar-refractivity contribution in [2.24, 2.45) is 5.73 Å². The van der Waals surface area contributed by atoms with Crippen LogP contribution in [0.2, 0.25) is 0 Å². The second kappa shape index (κ2) is 10.4. The molecule has 32 heavy (non-hydrogen) atoms. The summed E-state index contributed by atoms with van der Waals surface area (Å²) in [5.74, 6) is 0.367. The average molecular weight is 431 g/mol. The third-order valence-electron chi connectivity index (χ3n) is 5.93. The van der Waals surface area contributed by atoms with Gasteiger partial charge in [0.15, 0.2) is 0 Å². The van der Waals surface area contributed by atoms with Crippen molar-refractivity contribution in [2.45, 2.75) is 25.4 Å². The van der Waals surface area contributed by atoms with Gasteiger partial charge in [-0.3, -0.25) is 9.69 Å². The number of hydrogen-bond donors (Lipinski definition) is 2. The molecular weight excluding hydrogens is 400 g/mol. The number of nitrogens with two attached hydrogens (primary N) is 1. The molecule has 5 heteroatoms. The molecule has 0 spiro atoms. The Morgan fingerprint density at radius 2 is 1.84 bits per heavy atom. The van der Waals surface area contributed by atoms with Crippen molar-refractivity contribution < 1.29 is 14.6 Å². The van der Waals surface area contributed by atoms with Crippen LogP contribution in [0.25, 0.3) is 16.3 Å². The van der Waals surface area contributed by atoms with Gasteiger partial charge >= 0.3 is 0 Å². The molecule has 0 bridgehead atoms. The van der Waals surface area contributed by atoms with E-state index in [0.717, 1.165) is 25.1 Å². The Labute approximate surface area is 189 Å². The van der Waals surface area contributed by atoms with Crippen molar-refractivity contribution in [1.29, 1.82) is 0 Å². The fraction of sp³-hybridized carbons (Fsp3) is 0.296. The molecule has 0 saturated heterocycles. The normalized spacial score (nSPS) is 15.3. The highest BCUT2D eigenvalue weighted by molar-refractivity contribution is 5.86. The number of para-hydroxylation sites is 1. The quantitative estimate of drug-likeness (QED) is 0.542. The first kappa shape index (κ1) is 22.1. The Balaban J connectivity index is 1.29. The summed E-state index contributed by atoms with van der Waals surface area (Å²) in [6, 6.07) is 22.6. The molecular formula is C27H30N2O3. The minimum Gasteiger partial charge on any atom is -0.491 e. The second-order valence-electron chi connectivity index (χ2n) is 8.34. The summed E-state index contributed by atoms with van der Waals surface area (Å²) in [5, 5.41) is 13.0. The smallest absolute Gasteiger partial charge is 0.217 e. The Bertz CT molecular complexity index is 1110. The standard InChI is InChI=1S/C27H30N2O3/c28-27(31)12-11-22-6-3-4-8-26(22)32-19-25(30)18-29-15-13-21(14-16-29)24-10-9-20-5-1-2-7-23(20)17-24/h1-10,13,17,25,30H,11-12,14-16,18-19H2,(H2,28,31). The van der Waals surface area contributed by atoms with Gasteiger partial charge in [-0.25, -0.2) is 0 Å². The van der Waals surface area contributed by atoms with E-state index in [9.17, 15) is 9.90 Å². The maximum absolute atomic E-state index is 11.1. The molecule has 1 unspecified atom stereocenters. The summed E-state index contributed by atoms with van der Waals surface area (Å²) in [6.07, 6.45) is 3.45. The van der Waals surface area contributed by atoms with Crippen LogP contribution in [0.4, 0.5) is 0 Å². The second-order valence-corrected chi connectivity index (χ2v) is 8.34. The number of carbonyl (C=O) groups is 1. The SMILES string of the molecule is NC(=O)CCc1ccccc1OCC(O)CN1CC=C(c2ccc3ccccc3c2)CC1. The third kappa shape index (κ3) is 5.75. The average Bonchev–Trinajstić information content (AvgIpc) is 2.82. The van der Waals surface area contributed by atoms with Crippen molar-refractivity contribution >= 4 is 22.3 Å². The van der Waals surface area contributed by atoms with Crippen LogP contribution in [0.15, 0.2) is 72.8 Å². The van der Waals surface area contributed by atoms with Gasteiger partial charge in [-0.05, 0) is 52.4 Å². The van der Waals surface area contributed by atoms with Crippen molar-refractivity contribution in [3.63, 3.8) is 0 Å². The summed E-state index contributed by atoms with van der Waals surface area (Å²) >= 11 is 0. The topological polar surface area (TPSA) is 75.8 Å². The van der Waals surface area contributed by atoms with Crippen LogP contribution in [-0.2, 0) is 11.2 Å². The maximum atomic E-state index is 11.1. The van der Waals surface area contributed by atoms with E-state index in [1.165, 1.54) is 21.9 Å². The van der Waals surface area contributed by atoms with E-state index in [4.69, 9.17) is 10.5 Å². The molecule has 0 radical (unpaired) electrons. The molecule has 0 aromatic heterocycles. The molecule has 0 fully saturated rings. The number of nitrogens with zero attached hydrogens (tertiary/aromatic N) is 1. The highest BCUT2D eigenvalue weighted by atomic mass is 16.5. The van der Waals surface area contributed by atoms with Gasteiger partial charge in [-0.2, -0.15) is 0 Å². The summed E-state index contributed by atoms with van der Waals surface area (Å²) in [6.45, 7) is 2.50. The van der Waals surface area contributed by atoms with Crippen LogP contribution in [0.1, 0.15) is 24.0 Å². The fourth-order valence-corrected chi connectivity index (χ4v) is 4.17. The predicted molar refractivity (Wildman–Crippen MR) is 128 cm³/mol. The summed E-state index contributed by atoms with van der Waals surface area (Å²) in [5.41, 5.74) is 8.83. The van der Waals surface area contributed by atoms with Crippen LogP contribution >= 0.6 is 0 Å². The minimum atomic E-state index is -0.588. The number of aliphatic hydroxyl groups is 1. The van der Waals surface area contributed by atoms with E-state index in [1.807, 2.05) is 24.3 Å². The van der Waals surface area contributed by atoms with Gasteiger partial charge < -0.3 is 15.6 Å². The van der Waals surface area contributed by atoms with Gasteiger partial charge in [0.2, 0.25) is 5.91 Å². The molecule has 1 atom stereocenters. The fourth-order valence-electron chi connectivity index (χ4n) is 4.17. The zero-order chi connectivity index (χ0) is 22.3. The van der Waals surface area contributed by atoms with Crippen LogP contribution in [0, 0.1) is 0 Å². The van der Waals surface area contributed by atoms with Gasteiger partial charge in [-0.1, -0.05) is 60.7 Å². The Hall–Kier alpha value is -3.15. The number of rotatable bonds is 9. The molecule has 3 aromatic carbocycles. The number of benzene rings is 3. The van der Waals surface area contributed by atoms with Gasteiger partial charge in [0.1, 0.15) is 18.5 Å². The van der Waals surface area contributed by atoms with Crippen molar-refractivity contribution in [2.75, 3.05) is 26.2 Å². The first-order valence-corrected chi connectivity index (χ1v) is 11.2. The Morgan fingerprint density at radius 3 is 2.62 bits per heavy atom. The molecule has 0 aliphatic carbocycles. The number of fused-ring (bicyclic) bond motifs is 1. The number of amides is 1. The molecule has 166 valence electrons. The zero-order valence-corrected chi connectivity index (χ0v) is 18.2. The van der Waals surface area contributed by atoms with Gasteiger partial charge in [0.25, 0.3) is 0 Å². The Kier molecular flexibility index (Phi) is 7.20. The first-order chi connectivity index (χ1) is 15.6. The number of carbonyl (C=O) groups excluding carboxylic acids is 1. The monoisotopic (exact) mass is 430 g/mol. The maximum Gasteiger partial charge on any atom is 0.217 e. The highest BCUT2D eigenvalue weighted by Gasteiger charge is 2.17. The molecule has 5 nitrogen and oxygen atoms in total. The first-order valence-electron chi connectivity index (χ1n) is 11.2. The van der Waals surface area contributed by atoms with E-state index >= 15 is 0 Å². The van der Waals surface area contributed by atoms with Gasteiger partial charge in [0.05, 0.1) is 0 Å². The number of aliphatic hydroxyl groups excluding tert-OH is 1. The third-order valence-corrected chi connectivity index (χ3v) is 5.93. The van der Waals surface area contributed by atoms with E-state index < -0.39 is 6.10 Å². The van der Waals surface area contributed by atoms with Crippen LogP contribution in [0.3, 0.4) is 0 Å². The molecule has 3 N–H and O–H groups in total. The molecule has 1 aliphatic heterocycles. The summed E-state index contributed by atoms with van der Waals surface area (Å²) in [4.78, 5) is 13.3. The number of β-amino-alcohol motifs (C(OH)–C–C–N with tert-alkyl or cyclic N) is 1. The number of ether oxygens (including phenoxy) is 1. The van der Waals surface area contributed by atoms with E-state index in [2.05, 4.69) is 53.4 Å². The lowest BCUT2D eigenvalue weighted by Gasteiger charge is -2.28. The summed E-state index contributed by atoms with van der Waals surface area (Å²) < 4.78 is 5.86. The molecule has 4 rings (SSSR count). The lowest BCUT2D eigenvalue weighted by molar-refractivity contribution is -0.117. The minimum absolute atomic E-state index is 0.214. The van der Waals surface area contributed by atoms with Crippen LogP contribution < -0.4 is 10.5 Å². The Morgan fingerprint density at radius 1 is 1.06 bits per heavy atom. The van der Waals surface area contributed by atoms with Crippen molar-refractivity contribution in [1.82, 2.24) is 4.90 Å². The van der Waals surface area contributed by atoms with Crippen molar-refractivity contribution in [3.05, 3.63) is 83.9 Å². The largest absolute Gasteiger partial charge is 0.491 e. The summed E-state index contributed by atoms with van der Waals surface area (Å²) in [7, 11) is 0. The molecule has 1 aliphatic rings. The van der Waals surface area contributed by atoms with Crippen LogP contribution in [-0.4, -0.2) is 48.3 Å².